The van der Waals surface area contributed by atoms with E-state index in [1.807, 2.05) is 13.8 Å². The number of amides is 1. The molecule has 0 aromatic heterocycles. The Morgan fingerprint density at radius 1 is 0.967 bits per heavy atom. The van der Waals surface area contributed by atoms with Gasteiger partial charge in [-0.1, -0.05) is 13.8 Å². The van der Waals surface area contributed by atoms with Crippen LogP contribution in [0.15, 0.2) is 33.2 Å². The SMILES string of the molecule is COC(=O)C(=O)Nc1cc(Br)c(Oc2cc(C(C)C)c(OC)cc2C(C)=O)c(Br)c1. The number of carbonyl (C=O) groups is 3. The Labute approximate surface area is 191 Å². The molecular weight excluding hydrogens is 522 g/mol. The zero-order valence-corrected chi connectivity index (χ0v) is 20.3. The number of Topliss-reactive ketones (excluding diaryl/α,β-unsaturated/α-hetero) is 1. The molecule has 0 aliphatic carbocycles. The lowest BCUT2D eigenvalue weighted by molar-refractivity contribution is -0.150. The van der Waals surface area contributed by atoms with Crippen molar-refractivity contribution in [3.63, 3.8) is 0 Å². The largest absolute Gasteiger partial charge is 0.496 e. The van der Waals surface area contributed by atoms with Gasteiger partial charge in [0.05, 0.1) is 28.7 Å². The summed E-state index contributed by atoms with van der Waals surface area (Å²) in [7, 11) is 2.68. The van der Waals surface area contributed by atoms with E-state index in [1.54, 1.807) is 31.4 Å². The summed E-state index contributed by atoms with van der Waals surface area (Å²) >= 11 is 6.81. The van der Waals surface area contributed by atoms with Gasteiger partial charge in [-0.3, -0.25) is 9.59 Å². The van der Waals surface area contributed by atoms with Gasteiger partial charge >= 0.3 is 11.9 Å². The smallest absolute Gasteiger partial charge is 0.396 e. The number of anilines is 1. The topological polar surface area (TPSA) is 90.9 Å². The van der Waals surface area contributed by atoms with E-state index in [0.29, 0.717) is 37.4 Å². The Balaban J connectivity index is 2.47. The number of nitrogens with one attached hydrogen (secondary N) is 1. The highest BCUT2D eigenvalue weighted by Gasteiger charge is 2.20. The van der Waals surface area contributed by atoms with Crippen LogP contribution in [0.2, 0.25) is 0 Å². The van der Waals surface area contributed by atoms with Crippen molar-refractivity contribution in [1.82, 2.24) is 0 Å². The van der Waals surface area contributed by atoms with E-state index in [0.717, 1.165) is 12.7 Å². The van der Waals surface area contributed by atoms with E-state index < -0.39 is 11.9 Å². The highest BCUT2D eigenvalue weighted by Crippen LogP contribution is 2.42. The summed E-state index contributed by atoms with van der Waals surface area (Å²) in [4.78, 5) is 35.2. The third-order valence-electron chi connectivity index (χ3n) is 4.17. The van der Waals surface area contributed by atoms with Crippen LogP contribution in [-0.2, 0) is 14.3 Å². The Morgan fingerprint density at radius 3 is 2.03 bits per heavy atom. The standard InChI is InChI=1S/C21H21Br2NO6/c1-10(2)13-8-18(14(11(3)25)9-17(13)28-4)30-19-15(22)6-12(7-16(19)23)24-20(26)21(27)29-5/h6-10H,1-5H3,(H,24,26). The molecule has 2 aromatic rings. The number of ether oxygens (including phenoxy) is 3. The molecule has 0 unspecified atom stereocenters. The summed E-state index contributed by atoms with van der Waals surface area (Å²) in [6.45, 7) is 5.48. The normalized spacial score (nSPS) is 10.5. The van der Waals surface area contributed by atoms with Crippen LogP contribution in [0.4, 0.5) is 5.69 Å². The molecule has 0 atom stereocenters. The van der Waals surface area contributed by atoms with Crippen molar-refractivity contribution >= 4 is 55.2 Å². The second-order valence-electron chi connectivity index (χ2n) is 6.62. The van der Waals surface area contributed by atoms with Gasteiger partial charge in [-0.05, 0) is 69.0 Å². The number of carbonyl (C=O) groups excluding carboxylic acids is 3. The Bertz CT molecular complexity index is 980. The van der Waals surface area contributed by atoms with E-state index in [2.05, 4.69) is 41.9 Å². The molecule has 0 aliphatic rings. The van der Waals surface area contributed by atoms with Crippen LogP contribution in [0, 0.1) is 0 Å². The number of benzene rings is 2. The number of hydrogen-bond acceptors (Lipinski definition) is 6. The monoisotopic (exact) mass is 541 g/mol. The van der Waals surface area contributed by atoms with Crippen molar-refractivity contribution in [1.29, 1.82) is 0 Å². The molecule has 1 N–H and O–H groups in total. The molecule has 30 heavy (non-hydrogen) atoms. The summed E-state index contributed by atoms with van der Waals surface area (Å²) in [5, 5.41) is 2.43. The molecule has 9 heteroatoms. The lowest BCUT2D eigenvalue weighted by Crippen LogP contribution is -2.23. The van der Waals surface area contributed by atoms with Gasteiger partial charge in [0.2, 0.25) is 0 Å². The van der Waals surface area contributed by atoms with E-state index in [-0.39, 0.29) is 11.7 Å². The van der Waals surface area contributed by atoms with Gasteiger partial charge in [0, 0.05) is 11.3 Å². The van der Waals surface area contributed by atoms with Gasteiger partial charge in [0.25, 0.3) is 0 Å². The minimum Gasteiger partial charge on any atom is -0.496 e. The molecule has 2 aromatic carbocycles. The van der Waals surface area contributed by atoms with Crippen LogP contribution in [0.25, 0.3) is 0 Å². The highest BCUT2D eigenvalue weighted by molar-refractivity contribution is 9.11. The minimum atomic E-state index is -1.01. The van der Waals surface area contributed by atoms with Crippen molar-refractivity contribution < 1.29 is 28.6 Å². The first-order valence-electron chi connectivity index (χ1n) is 8.88. The maximum absolute atomic E-state index is 12.2. The Kier molecular flexibility index (Phi) is 8.03. The van der Waals surface area contributed by atoms with Gasteiger partial charge < -0.3 is 19.5 Å². The van der Waals surface area contributed by atoms with Gasteiger partial charge in [0.15, 0.2) is 11.5 Å². The van der Waals surface area contributed by atoms with Gasteiger partial charge in [-0.25, -0.2) is 4.79 Å². The van der Waals surface area contributed by atoms with Crippen LogP contribution in [0.1, 0.15) is 42.6 Å². The fraction of sp³-hybridized carbons (Fsp3) is 0.286. The number of rotatable bonds is 6. The number of ketones is 1. The zero-order chi connectivity index (χ0) is 22.6. The highest BCUT2D eigenvalue weighted by atomic mass is 79.9. The van der Waals surface area contributed by atoms with Crippen molar-refractivity contribution in [2.75, 3.05) is 19.5 Å². The molecule has 0 bridgehead atoms. The average Bonchev–Trinajstić information content (AvgIpc) is 2.69. The molecule has 0 fully saturated rings. The molecule has 0 aliphatic heterocycles. The Morgan fingerprint density at radius 2 is 1.57 bits per heavy atom. The van der Waals surface area contributed by atoms with Gasteiger partial charge in [-0.15, -0.1) is 0 Å². The molecule has 0 spiro atoms. The molecule has 2 rings (SSSR count). The Hall–Kier alpha value is -2.39. The van der Waals surface area contributed by atoms with E-state index in [4.69, 9.17) is 9.47 Å². The zero-order valence-electron chi connectivity index (χ0n) is 17.1. The van der Waals surface area contributed by atoms with Crippen LogP contribution < -0.4 is 14.8 Å². The lowest BCUT2D eigenvalue weighted by atomic mass is 9.98. The van der Waals surface area contributed by atoms with E-state index in [9.17, 15) is 14.4 Å². The summed E-state index contributed by atoms with van der Waals surface area (Å²) in [6.07, 6.45) is 0. The van der Waals surface area contributed by atoms with Crippen molar-refractivity contribution in [3.8, 4) is 17.2 Å². The van der Waals surface area contributed by atoms with Crippen LogP contribution in [0.5, 0.6) is 17.2 Å². The van der Waals surface area contributed by atoms with Crippen LogP contribution >= 0.6 is 31.9 Å². The third kappa shape index (κ3) is 5.40. The molecular formula is C21H21Br2NO6. The second kappa shape index (κ2) is 10.1. The summed E-state index contributed by atoms with van der Waals surface area (Å²) in [5.41, 5.74) is 1.62. The maximum atomic E-state index is 12.2. The predicted molar refractivity (Wildman–Crippen MR) is 120 cm³/mol. The first kappa shape index (κ1) is 23.9. The van der Waals surface area contributed by atoms with E-state index >= 15 is 0 Å². The molecule has 7 nitrogen and oxygen atoms in total. The summed E-state index contributed by atoms with van der Waals surface area (Å²) in [6, 6.07) is 6.59. The quantitative estimate of drug-likeness (QED) is 0.296. The molecule has 1 amide bonds. The molecule has 0 saturated carbocycles. The summed E-state index contributed by atoms with van der Waals surface area (Å²) < 4.78 is 16.9. The van der Waals surface area contributed by atoms with Crippen LogP contribution in [0.3, 0.4) is 0 Å². The second-order valence-corrected chi connectivity index (χ2v) is 8.33. The molecule has 0 saturated heterocycles. The van der Waals surface area contributed by atoms with E-state index in [1.165, 1.54) is 6.92 Å². The number of hydrogen-bond donors (Lipinski definition) is 1. The third-order valence-corrected chi connectivity index (χ3v) is 5.35. The fourth-order valence-corrected chi connectivity index (χ4v) is 4.03. The van der Waals surface area contributed by atoms with Crippen LogP contribution in [-0.4, -0.2) is 31.9 Å². The minimum absolute atomic E-state index is 0.145. The first-order chi connectivity index (χ1) is 14.1. The molecule has 0 heterocycles. The fourth-order valence-electron chi connectivity index (χ4n) is 2.68. The molecule has 160 valence electrons. The number of halogens is 2. The maximum Gasteiger partial charge on any atom is 0.396 e. The van der Waals surface area contributed by atoms with Gasteiger partial charge in [0.1, 0.15) is 11.5 Å². The number of esters is 1. The average molecular weight is 543 g/mol. The predicted octanol–water partition coefficient (Wildman–Crippen LogP) is 5.45. The summed E-state index contributed by atoms with van der Waals surface area (Å²) in [5.74, 6) is -0.553. The first-order valence-corrected chi connectivity index (χ1v) is 10.5. The number of methoxy groups -OCH3 is 2. The molecule has 0 radical (unpaired) electrons. The van der Waals surface area contributed by atoms with Crippen molar-refractivity contribution in [3.05, 3.63) is 44.3 Å². The van der Waals surface area contributed by atoms with Crippen molar-refractivity contribution in [2.45, 2.75) is 26.7 Å². The lowest BCUT2D eigenvalue weighted by Gasteiger charge is -2.18. The van der Waals surface area contributed by atoms with Gasteiger partial charge in [-0.2, -0.15) is 0 Å². The van der Waals surface area contributed by atoms with Crippen molar-refractivity contribution in [2.24, 2.45) is 0 Å².